The molecule has 4 aromatic rings. The van der Waals surface area contributed by atoms with Crippen molar-refractivity contribution in [1.29, 1.82) is 0 Å². The molecular formula is C22H12Cl2O4. The van der Waals surface area contributed by atoms with Gasteiger partial charge in [-0.25, -0.2) is 0 Å². The summed E-state index contributed by atoms with van der Waals surface area (Å²) in [6.07, 6.45) is 0. The first-order valence-electron chi connectivity index (χ1n) is 8.30. The van der Waals surface area contributed by atoms with E-state index in [1.807, 2.05) is 0 Å². The van der Waals surface area contributed by atoms with Gasteiger partial charge in [0.05, 0.1) is 0 Å². The number of hydrogen-bond donors (Lipinski definition) is 1. The maximum absolute atomic E-state index is 13.2. The van der Waals surface area contributed by atoms with Gasteiger partial charge in [-0.2, -0.15) is 0 Å². The average molecular weight is 411 g/mol. The summed E-state index contributed by atoms with van der Waals surface area (Å²) in [5.41, 5.74) is 0.205. The lowest BCUT2D eigenvalue weighted by atomic mass is 9.97. The summed E-state index contributed by atoms with van der Waals surface area (Å²) in [5, 5.41) is 11.1. The normalized spacial score (nSPS) is 10.9. The summed E-state index contributed by atoms with van der Waals surface area (Å²) >= 11 is 11.9. The molecule has 1 aromatic heterocycles. The van der Waals surface area contributed by atoms with Crippen LogP contribution in [0.4, 0.5) is 0 Å². The number of halogens is 2. The molecule has 1 N–H and O–H groups in total. The molecule has 0 aliphatic rings. The summed E-state index contributed by atoms with van der Waals surface area (Å²) in [6.45, 7) is 0. The molecule has 0 radical (unpaired) electrons. The molecule has 3 aromatic carbocycles. The highest BCUT2D eigenvalue weighted by atomic mass is 35.5. The number of rotatable bonds is 3. The Morgan fingerprint density at radius 1 is 0.857 bits per heavy atom. The topological polar surface area (TPSA) is 67.5 Å². The van der Waals surface area contributed by atoms with Crippen LogP contribution in [0.25, 0.3) is 22.3 Å². The fraction of sp³-hybridized carbons (Fsp3) is 0. The molecule has 0 saturated carbocycles. The number of aromatic hydroxyl groups is 1. The minimum Gasteiger partial charge on any atom is -0.507 e. The van der Waals surface area contributed by atoms with E-state index in [0.717, 1.165) is 0 Å². The molecule has 4 nitrogen and oxygen atoms in total. The second-order valence-electron chi connectivity index (χ2n) is 6.13. The molecule has 0 saturated heterocycles. The maximum atomic E-state index is 13.2. The summed E-state index contributed by atoms with van der Waals surface area (Å²) in [6, 6.07) is 17.3. The number of ketones is 1. The van der Waals surface area contributed by atoms with Gasteiger partial charge in [0.1, 0.15) is 28.0 Å². The van der Waals surface area contributed by atoms with Gasteiger partial charge in [0.15, 0.2) is 0 Å². The van der Waals surface area contributed by atoms with Crippen molar-refractivity contribution >= 4 is 40.0 Å². The maximum Gasteiger partial charge on any atom is 0.208 e. The van der Waals surface area contributed by atoms with Crippen LogP contribution in [0.2, 0.25) is 10.0 Å². The van der Waals surface area contributed by atoms with Gasteiger partial charge in [-0.15, -0.1) is 0 Å². The lowest BCUT2D eigenvalue weighted by Gasteiger charge is -2.11. The first kappa shape index (κ1) is 18.3. The Morgan fingerprint density at radius 2 is 1.46 bits per heavy atom. The Hall–Kier alpha value is -3.08. The van der Waals surface area contributed by atoms with E-state index in [4.69, 9.17) is 27.6 Å². The first-order valence-corrected chi connectivity index (χ1v) is 9.06. The minimum absolute atomic E-state index is 0.0440. The van der Waals surface area contributed by atoms with Crippen LogP contribution in [0.5, 0.6) is 5.75 Å². The van der Waals surface area contributed by atoms with Crippen molar-refractivity contribution in [2.75, 3.05) is 0 Å². The van der Waals surface area contributed by atoms with E-state index in [-0.39, 0.29) is 33.6 Å². The predicted octanol–water partition coefficient (Wildman–Crippen LogP) is 5.70. The van der Waals surface area contributed by atoms with Gasteiger partial charge in [-0.1, -0.05) is 29.3 Å². The van der Waals surface area contributed by atoms with Crippen LogP contribution < -0.4 is 5.43 Å². The Bertz CT molecular complexity index is 1260. The average Bonchev–Trinajstić information content (AvgIpc) is 2.68. The van der Waals surface area contributed by atoms with Crippen molar-refractivity contribution in [1.82, 2.24) is 0 Å². The van der Waals surface area contributed by atoms with Gasteiger partial charge >= 0.3 is 0 Å². The van der Waals surface area contributed by atoms with Crippen molar-refractivity contribution < 1.29 is 14.3 Å². The lowest BCUT2D eigenvalue weighted by molar-refractivity contribution is 0.103. The van der Waals surface area contributed by atoms with Crippen molar-refractivity contribution in [3.8, 4) is 17.1 Å². The van der Waals surface area contributed by atoms with Crippen molar-refractivity contribution in [2.45, 2.75) is 0 Å². The van der Waals surface area contributed by atoms with Crippen LogP contribution >= 0.6 is 23.2 Å². The molecule has 6 heteroatoms. The van der Waals surface area contributed by atoms with Gasteiger partial charge in [0.25, 0.3) is 0 Å². The number of hydrogen-bond acceptors (Lipinski definition) is 4. The Labute approximate surface area is 169 Å². The summed E-state index contributed by atoms with van der Waals surface area (Å²) in [7, 11) is 0. The van der Waals surface area contributed by atoms with E-state index >= 15 is 0 Å². The zero-order chi connectivity index (χ0) is 19.8. The molecule has 0 fully saturated rings. The van der Waals surface area contributed by atoms with Crippen LogP contribution in [0.3, 0.4) is 0 Å². The molecule has 0 unspecified atom stereocenters. The zero-order valence-corrected chi connectivity index (χ0v) is 15.8. The van der Waals surface area contributed by atoms with Crippen molar-refractivity contribution in [3.63, 3.8) is 0 Å². The van der Waals surface area contributed by atoms with Gasteiger partial charge in [-0.3, -0.25) is 9.59 Å². The molecule has 0 aliphatic carbocycles. The molecule has 0 bridgehead atoms. The SMILES string of the molecule is O=C(c1ccc(Cl)cc1)c1c(-c2ccc(Cl)cc2)oc2cccc(O)c2c1=O. The summed E-state index contributed by atoms with van der Waals surface area (Å²) < 4.78 is 5.90. The first-order chi connectivity index (χ1) is 13.5. The van der Waals surface area contributed by atoms with E-state index in [1.54, 1.807) is 48.5 Å². The van der Waals surface area contributed by atoms with E-state index in [9.17, 15) is 14.7 Å². The number of phenols is 1. The molecule has 1 heterocycles. The number of benzene rings is 3. The highest BCUT2D eigenvalue weighted by Crippen LogP contribution is 2.31. The van der Waals surface area contributed by atoms with Crippen molar-refractivity contribution in [3.05, 3.63) is 98.1 Å². The molecule has 0 spiro atoms. The molecule has 4 rings (SSSR count). The van der Waals surface area contributed by atoms with Crippen LogP contribution in [0.15, 0.2) is 75.9 Å². The molecule has 28 heavy (non-hydrogen) atoms. The number of fused-ring (bicyclic) bond motifs is 1. The quantitative estimate of drug-likeness (QED) is 0.439. The van der Waals surface area contributed by atoms with Crippen LogP contribution in [0.1, 0.15) is 15.9 Å². The smallest absolute Gasteiger partial charge is 0.208 e. The number of carbonyl (C=O) groups excluding carboxylic acids is 1. The Morgan fingerprint density at radius 3 is 2.11 bits per heavy atom. The van der Waals surface area contributed by atoms with E-state index in [2.05, 4.69) is 0 Å². The molecular weight excluding hydrogens is 399 g/mol. The third-order valence-electron chi connectivity index (χ3n) is 4.34. The third-order valence-corrected chi connectivity index (χ3v) is 4.84. The van der Waals surface area contributed by atoms with Gasteiger partial charge in [0, 0.05) is 21.2 Å². The largest absolute Gasteiger partial charge is 0.507 e. The van der Waals surface area contributed by atoms with Crippen LogP contribution in [-0.2, 0) is 0 Å². The molecule has 0 atom stereocenters. The highest BCUT2D eigenvalue weighted by molar-refractivity contribution is 6.31. The Balaban J connectivity index is 2.05. The van der Waals surface area contributed by atoms with Gasteiger partial charge in [-0.05, 0) is 60.7 Å². The van der Waals surface area contributed by atoms with Crippen LogP contribution in [0, 0.1) is 0 Å². The second-order valence-corrected chi connectivity index (χ2v) is 7.00. The summed E-state index contributed by atoms with van der Waals surface area (Å²) in [4.78, 5) is 26.4. The lowest BCUT2D eigenvalue weighted by Crippen LogP contribution is -2.18. The standard InChI is InChI=1S/C22H12Cl2O4/c23-14-8-4-12(5-9-14)20(26)19-21(27)18-16(25)2-1-3-17(18)28-22(19)13-6-10-15(24)11-7-13/h1-11,25H. The van der Waals surface area contributed by atoms with E-state index in [1.165, 1.54) is 18.2 Å². The predicted molar refractivity (Wildman–Crippen MR) is 109 cm³/mol. The van der Waals surface area contributed by atoms with E-state index in [0.29, 0.717) is 15.6 Å². The zero-order valence-electron chi connectivity index (χ0n) is 14.3. The van der Waals surface area contributed by atoms with E-state index < -0.39 is 11.2 Å². The van der Waals surface area contributed by atoms with Crippen molar-refractivity contribution in [2.24, 2.45) is 0 Å². The monoisotopic (exact) mass is 410 g/mol. The number of phenolic OH excluding ortho intramolecular Hbond substituents is 1. The summed E-state index contributed by atoms with van der Waals surface area (Å²) in [5.74, 6) is -0.667. The van der Waals surface area contributed by atoms with Crippen LogP contribution in [-0.4, -0.2) is 10.9 Å². The number of carbonyl (C=O) groups is 1. The van der Waals surface area contributed by atoms with Gasteiger partial charge in [0.2, 0.25) is 11.2 Å². The van der Waals surface area contributed by atoms with Gasteiger partial charge < -0.3 is 9.52 Å². The minimum atomic E-state index is -0.607. The second kappa shape index (κ2) is 7.15. The fourth-order valence-corrected chi connectivity index (χ4v) is 3.23. The molecule has 0 amide bonds. The molecule has 0 aliphatic heterocycles. The fourth-order valence-electron chi connectivity index (χ4n) is 2.98. The Kier molecular flexibility index (Phi) is 4.67. The molecule has 138 valence electrons. The highest BCUT2D eigenvalue weighted by Gasteiger charge is 2.24. The third kappa shape index (κ3) is 3.17.